The van der Waals surface area contributed by atoms with E-state index in [9.17, 15) is 9.59 Å². The zero-order valence-electron chi connectivity index (χ0n) is 14.3. The highest BCUT2D eigenvalue weighted by Gasteiger charge is 2.19. The summed E-state index contributed by atoms with van der Waals surface area (Å²) < 4.78 is 5.53. The third kappa shape index (κ3) is 3.99. The Morgan fingerprint density at radius 2 is 1.72 bits per heavy atom. The van der Waals surface area contributed by atoms with Crippen LogP contribution < -0.4 is 10.5 Å². The lowest BCUT2D eigenvalue weighted by molar-refractivity contribution is -0.123. The first kappa shape index (κ1) is 17.0. The molecule has 2 aromatic carbocycles. The van der Waals surface area contributed by atoms with Crippen molar-refractivity contribution >= 4 is 11.8 Å². The summed E-state index contributed by atoms with van der Waals surface area (Å²) in [6.07, 6.45) is 1.48. The third-order valence-electron chi connectivity index (χ3n) is 4.41. The zero-order chi connectivity index (χ0) is 17.8. The molecular weight excluding hydrogens is 316 g/mol. The predicted molar refractivity (Wildman–Crippen MR) is 96.3 cm³/mol. The molecule has 130 valence electrons. The van der Waals surface area contributed by atoms with Gasteiger partial charge in [0.05, 0.1) is 0 Å². The van der Waals surface area contributed by atoms with Crippen molar-refractivity contribution in [1.82, 2.24) is 4.90 Å². The second-order valence-corrected chi connectivity index (χ2v) is 6.27. The lowest BCUT2D eigenvalue weighted by Gasteiger charge is -2.15. The van der Waals surface area contributed by atoms with E-state index in [1.807, 2.05) is 47.4 Å². The number of carbonyl (C=O) groups excluding carboxylic acids is 2. The highest BCUT2D eigenvalue weighted by molar-refractivity contribution is 5.94. The second-order valence-electron chi connectivity index (χ2n) is 6.27. The highest BCUT2D eigenvalue weighted by atomic mass is 16.5. The van der Waals surface area contributed by atoms with Gasteiger partial charge in [-0.3, -0.25) is 9.59 Å². The molecule has 5 nitrogen and oxygen atoms in total. The van der Waals surface area contributed by atoms with Gasteiger partial charge in [-0.2, -0.15) is 0 Å². The van der Waals surface area contributed by atoms with E-state index in [4.69, 9.17) is 10.5 Å². The van der Waals surface area contributed by atoms with Crippen molar-refractivity contribution in [3.8, 4) is 16.9 Å². The Bertz CT molecular complexity index is 765. The van der Waals surface area contributed by atoms with Crippen LogP contribution in [0.1, 0.15) is 30.1 Å². The van der Waals surface area contributed by atoms with Crippen molar-refractivity contribution in [2.24, 2.45) is 5.73 Å². The standard InChI is InChI=1S/C20H22N2O3/c1-14(19(21)23)25-18-6-4-5-17(13-18)15-7-9-16(10-8-15)20(24)22-11-2-3-12-22/h4-10,13-14H,2-3,11-12H2,1H3,(H2,21,23)/t14-/m1/s1. The fourth-order valence-corrected chi connectivity index (χ4v) is 2.92. The van der Waals surface area contributed by atoms with Gasteiger partial charge in [0.1, 0.15) is 5.75 Å². The van der Waals surface area contributed by atoms with Crippen LogP contribution in [0.4, 0.5) is 0 Å². The number of nitrogens with two attached hydrogens (primary N) is 1. The normalized spacial score (nSPS) is 15.0. The lowest BCUT2D eigenvalue weighted by Crippen LogP contribution is -2.30. The van der Waals surface area contributed by atoms with Gasteiger partial charge in [0.15, 0.2) is 6.10 Å². The SMILES string of the molecule is C[C@@H](Oc1cccc(-c2ccc(C(=O)N3CCCC3)cc2)c1)C(N)=O. The van der Waals surface area contributed by atoms with Gasteiger partial charge in [0.25, 0.3) is 11.8 Å². The minimum atomic E-state index is -0.685. The average molecular weight is 338 g/mol. The molecule has 0 radical (unpaired) electrons. The molecule has 1 saturated heterocycles. The molecule has 0 saturated carbocycles. The number of benzene rings is 2. The Morgan fingerprint density at radius 1 is 1.04 bits per heavy atom. The number of likely N-dealkylation sites (tertiary alicyclic amines) is 1. The number of rotatable bonds is 5. The fraction of sp³-hybridized carbons (Fsp3) is 0.300. The van der Waals surface area contributed by atoms with Gasteiger partial charge < -0.3 is 15.4 Å². The summed E-state index contributed by atoms with van der Waals surface area (Å²) in [5.41, 5.74) is 7.87. The Hall–Kier alpha value is -2.82. The van der Waals surface area contributed by atoms with Crippen LogP contribution in [0.5, 0.6) is 5.75 Å². The van der Waals surface area contributed by atoms with Crippen molar-refractivity contribution < 1.29 is 14.3 Å². The molecule has 2 N–H and O–H groups in total. The van der Waals surface area contributed by atoms with Crippen molar-refractivity contribution in [3.63, 3.8) is 0 Å². The number of primary amides is 1. The van der Waals surface area contributed by atoms with Crippen LogP contribution >= 0.6 is 0 Å². The molecule has 0 aromatic heterocycles. The van der Waals surface area contributed by atoms with E-state index in [1.54, 1.807) is 13.0 Å². The number of nitrogens with zero attached hydrogens (tertiary/aromatic N) is 1. The van der Waals surface area contributed by atoms with Gasteiger partial charge in [-0.1, -0.05) is 24.3 Å². The number of hydrogen-bond acceptors (Lipinski definition) is 3. The molecule has 2 amide bonds. The van der Waals surface area contributed by atoms with E-state index in [0.717, 1.165) is 37.1 Å². The first-order valence-corrected chi connectivity index (χ1v) is 8.50. The first-order chi connectivity index (χ1) is 12.0. The maximum atomic E-state index is 12.4. The number of ether oxygens (including phenoxy) is 1. The molecule has 0 aliphatic carbocycles. The molecule has 0 spiro atoms. The molecule has 1 aliphatic rings. The van der Waals surface area contributed by atoms with Crippen molar-refractivity contribution in [2.75, 3.05) is 13.1 Å². The van der Waals surface area contributed by atoms with Gasteiger partial charge in [-0.15, -0.1) is 0 Å². The van der Waals surface area contributed by atoms with Crippen molar-refractivity contribution in [1.29, 1.82) is 0 Å². The van der Waals surface area contributed by atoms with Crippen LogP contribution in [-0.2, 0) is 4.79 Å². The van der Waals surface area contributed by atoms with Crippen LogP contribution in [0.25, 0.3) is 11.1 Å². The fourth-order valence-electron chi connectivity index (χ4n) is 2.92. The summed E-state index contributed by atoms with van der Waals surface area (Å²) in [7, 11) is 0. The molecular formula is C20H22N2O3. The Kier molecular flexibility index (Phi) is 5.03. The molecule has 0 unspecified atom stereocenters. The van der Waals surface area contributed by atoms with Crippen LogP contribution in [0.15, 0.2) is 48.5 Å². The van der Waals surface area contributed by atoms with Gasteiger partial charge >= 0.3 is 0 Å². The van der Waals surface area contributed by atoms with Crippen LogP contribution in [-0.4, -0.2) is 35.9 Å². The van der Waals surface area contributed by atoms with Gasteiger partial charge in [-0.05, 0) is 55.2 Å². The lowest BCUT2D eigenvalue weighted by atomic mass is 10.0. The maximum Gasteiger partial charge on any atom is 0.258 e. The van der Waals surface area contributed by atoms with E-state index in [-0.39, 0.29) is 5.91 Å². The Balaban J connectivity index is 1.75. The topological polar surface area (TPSA) is 72.6 Å². The monoisotopic (exact) mass is 338 g/mol. The molecule has 1 heterocycles. The molecule has 5 heteroatoms. The predicted octanol–water partition coefficient (Wildman–Crippen LogP) is 2.84. The molecule has 2 aromatic rings. The van der Waals surface area contributed by atoms with Crippen molar-refractivity contribution in [3.05, 3.63) is 54.1 Å². The summed E-state index contributed by atoms with van der Waals surface area (Å²) in [4.78, 5) is 25.4. The van der Waals surface area contributed by atoms with E-state index >= 15 is 0 Å². The Morgan fingerprint density at radius 3 is 2.36 bits per heavy atom. The zero-order valence-corrected chi connectivity index (χ0v) is 14.3. The minimum absolute atomic E-state index is 0.0939. The quantitative estimate of drug-likeness (QED) is 0.911. The number of carbonyl (C=O) groups is 2. The smallest absolute Gasteiger partial charge is 0.258 e. The number of hydrogen-bond donors (Lipinski definition) is 1. The number of amides is 2. The van der Waals surface area contributed by atoms with E-state index < -0.39 is 12.0 Å². The molecule has 0 bridgehead atoms. The summed E-state index contributed by atoms with van der Waals surface area (Å²) in [6.45, 7) is 3.31. The van der Waals surface area contributed by atoms with Gasteiger partial charge in [0, 0.05) is 18.7 Å². The third-order valence-corrected chi connectivity index (χ3v) is 4.41. The van der Waals surface area contributed by atoms with Crippen molar-refractivity contribution in [2.45, 2.75) is 25.9 Å². The minimum Gasteiger partial charge on any atom is -0.481 e. The van der Waals surface area contributed by atoms with E-state index in [1.165, 1.54) is 0 Å². The molecule has 3 rings (SSSR count). The first-order valence-electron chi connectivity index (χ1n) is 8.50. The summed E-state index contributed by atoms with van der Waals surface area (Å²) >= 11 is 0. The molecule has 1 atom stereocenters. The van der Waals surface area contributed by atoms with Crippen LogP contribution in [0.3, 0.4) is 0 Å². The highest BCUT2D eigenvalue weighted by Crippen LogP contribution is 2.25. The second kappa shape index (κ2) is 7.38. The van der Waals surface area contributed by atoms with Crippen LogP contribution in [0.2, 0.25) is 0 Å². The average Bonchev–Trinajstić information content (AvgIpc) is 3.16. The van der Waals surface area contributed by atoms with Crippen LogP contribution in [0, 0.1) is 0 Å². The molecule has 25 heavy (non-hydrogen) atoms. The molecule has 1 aliphatic heterocycles. The largest absolute Gasteiger partial charge is 0.481 e. The van der Waals surface area contributed by atoms with Gasteiger partial charge in [-0.25, -0.2) is 0 Å². The summed E-state index contributed by atoms with van der Waals surface area (Å²) in [6, 6.07) is 15.0. The van der Waals surface area contributed by atoms with E-state index in [2.05, 4.69) is 0 Å². The van der Waals surface area contributed by atoms with E-state index in [0.29, 0.717) is 11.3 Å². The summed E-state index contributed by atoms with van der Waals surface area (Å²) in [5, 5.41) is 0. The maximum absolute atomic E-state index is 12.4. The van der Waals surface area contributed by atoms with Gasteiger partial charge in [0.2, 0.25) is 0 Å². The summed E-state index contributed by atoms with van der Waals surface area (Å²) in [5.74, 6) is 0.174. The molecule has 1 fully saturated rings. The Labute approximate surface area is 147 Å².